The maximum absolute atomic E-state index is 11.9. The topological polar surface area (TPSA) is 18.5 Å². The Hall–Kier alpha value is -0.330. The molecule has 1 fully saturated rings. The molecule has 0 aromatic heterocycles. The molecule has 0 saturated carbocycles. The molecule has 17 heavy (non-hydrogen) atoms. The summed E-state index contributed by atoms with van der Waals surface area (Å²) in [5.74, 6) is 0. The largest absolute Gasteiger partial charge is 0.401 e. The van der Waals surface area contributed by atoms with Crippen molar-refractivity contribution in [1.29, 1.82) is 0 Å². The Morgan fingerprint density at radius 2 is 1.71 bits per heavy atom. The molecule has 1 aliphatic heterocycles. The summed E-state index contributed by atoms with van der Waals surface area (Å²) >= 11 is 0. The van der Waals surface area contributed by atoms with E-state index < -0.39 is 12.7 Å². The van der Waals surface area contributed by atoms with E-state index in [0.717, 1.165) is 13.1 Å². The van der Waals surface area contributed by atoms with Crippen molar-refractivity contribution in [3.05, 3.63) is 0 Å². The summed E-state index contributed by atoms with van der Waals surface area (Å²) in [6, 6.07) is 0.919. The Bertz CT molecular complexity index is 220. The fourth-order valence-electron chi connectivity index (χ4n) is 2.16. The van der Waals surface area contributed by atoms with Crippen molar-refractivity contribution >= 4 is 0 Å². The number of hydrogen-bond acceptors (Lipinski definition) is 3. The van der Waals surface area contributed by atoms with E-state index >= 15 is 0 Å². The minimum absolute atomic E-state index is 0.392. The van der Waals surface area contributed by atoms with Gasteiger partial charge in [-0.1, -0.05) is 0 Å². The smallest absolute Gasteiger partial charge is 0.307 e. The lowest BCUT2D eigenvalue weighted by Crippen LogP contribution is -2.55. The fourth-order valence-corrected chi connectivity index (χ4v) is 2.16. The molecule has 0 radical (unpaired) electrons. The Balaban J connectivity index is 2.20. The molecule has 1 rings (SSSR count). The summed E-state index contributed by atoms with van der Waals surface area (Å²) < 4.78 is 35.7. The van der Waals surface area contributed by atoms with Gasteiger partial charge in [-0.3, -0.25) is 9.80 Å². The maximum atomic E-state index is 11.9. The van der Waals surface area contributed by atoms with Gasteiger partial charge >= 0.3 is 6.18 Å². The number of nitrogens with zero attached hydrogens (tertiary/aromatic N) is 2. The molecule has 6 heteroatoms. The second-order valence-electron chi connectivity index (χ2n) is 4.92. The minimum atomic E-state index is -4.11. The highest BCUT2D eigenvalue weighted by Crippen LogP contribution is 2.13. The standard InChI is InChI=1S/C11H22F3N3/c1-9-6-17(7-10(2)16(9)3)5-4-15-8-11(12,13)14/h9-10,15H,4-8H2,1-3H3. The lowest BCUT2D eigenvalue weighted by molar-refractivity contribution is -0.124. The van der Waals surface area contributed by atoms with E-state index in [9.17, 15) is 13.2 Å². The second kappa shape index (κ2) is 6.02. The van der Waals surface area contributed by atoms with Gasteiger partial charge in [-0.05, 0) is 20.9 Å². The summed E-state index contributed by atoms with van der Waals surface area (Å²) in [5.41, 5.74) is 0. The molecule has 0 amide bonds. The van der Waals surface area contributed by atoms with E-state index in [1.807, 2.05) is 0 Å². The van der Waals surface area contributed by atoms with Crippen LogP contribution < -0.4 is 5.32 Å². The highest BCUT2D eigenvalue weighted by Gasteiger charge is 2.28. The maximum Gasteiger partial charge on any atom is 0.401 e. The molecule has 2 atom stereocenters. The summed E-state index contributed by atoms with van der Waals surface area (Å²) in [4.78, 5) is 4.53. The Morgan fingerprint density at radius 1 is 1.18 bits per heavy atom. The molecule has 0 aromatic carbocycles. The van der Waals surface area contributed by atoms with Crippen molar-refractivity contribution < 1.29 is 13.2 Å². The van der Waals surface area contributed by atoms with Crippen LogP contribution in [0.25, 0.3) is 0 Å². The van der Waals surface area contributed by atoms with Crippen LogP contribution in [0.15, 0.2) is 0 Å². The molecule has 0 bridgehead atoms. The van der Waals surface area contributed by atoms with Gasteiger partial charge in [-0.2, -0.15) is 13.2 Å². The third-order valence-corrected chi connectivity index (χ3v) is 3.37. The molecular formula is C11H22F3N3. The predicted molar refractivity (Wildman–Crippen MR) is 62.1 cm³/mol. The van der Waals surface area contributed by atoms with Crippen LogP contribution in [0.1, 0.15) is 13.8 Å². The molecule has 1 N–H and O–H groups in total. The van der Waals surface area contributed by atoms with Crippen LogP contribution >= 0.6 is 0 Å². The van der Waals surface area contributed by atoms with Crippen molar-refractivity contribution in [1.82, 2.24) is 15.1 Å². The number of nitrogens with one attached hydrogen (secondary N) is 1. The van der Waals surface area contributed by atoms with Crippen molar-refractivity contribution in [2.45, 2.75) is 32.1 Å². The van der Waals surface area contributed by atoms with Crippen LogP contribution in [-0.4, -0.2) is 67.8 Å². The van der Waals surface area contributed by atoms with Gasteiger partial charge in [0, 0.05) is 38.3 Å². The van der Waals surface area contributed by atoms with E-state index in [4.69, 9.17) is 0 Å². The zero-order valence-corrected chi connectivity index (χ0v) is 10.7. The molecule has 3 nitrogen and oxygen atoms in total. The van der Waals surface area contributed by atoms with Gasteiger partial charge in [-0.25, -0.2) is 0 Å². The highest BCUT2D eigenvalue weighted by molar-refractivity contribution is 4.82. The monoisotopic (exact) mass is 253 g/mol. The lowest BCUT2D eigenvalue weighted by atomic mass is 10.1. The summed E-state index contributed by atoms with van der Waals surface area (Å²) in [6.07, 6.45) is -4.11. The molecule has 0 spiro atoms. The number of alkyl halides is 3. The van der Waals surface area contributed by atoms with Crippen LogP contribution in [0.2, 0.25) is 0 Å². The summed E-state index contributed by atoms with van der Waals surface area (Å²) in [7, 11) is 2.09. The first-order chi connectivity index (χ1) is 7.79. The van der Waals surface area contributed by atoms with Crippen LogP contribution in [0.5, 0.6) is 0 Å². The third kappa shape index (κ3) is 5.23. The van der Waals surface area contributed by atoms with Gasteiger partial charge in [0.2, 0.25) is 0 Å². The van der Waals surface area contributed by atoms with Gasteiger partial charge in [0.05, 0.1) is 6.54 Å². The van der Waals surface area contributed by atoms with Crippen LogP contribution in [-0.2, 0) is 0 Å². The lowest BCUT2D eigenvalue weighted by Gasteiger charge is -2.42. The van der Waals surface area contributed by atoms with Gasteiger partial charge in [0.25, 0.3) is 0 Å². The highest BCUT2D eigenvalue weighted by atomic mass is 19.4. The van der Waals surface area contributed by atoms with Crippen LogP contribution in [0.4, 0.5) is 13.2 Å². The molecule has 2 unspecified atom stereocenters. The molecule has 0 aliphatic carbocycles. The molecule has 1 heterocycles. The molecule has 1 saturated heterocycles. The minimum Gasteiger partial charge on any atom is -0.307 e. The van der Waals surface area contributed by atoms with E-state index in [2.05, 4.69) is 36.0 Å². The molecular weight excluding hydrogens is 231 g/mol. The SMILES string of the molecule is CC1CN(CCNCC(F)(F)F)CC(C)N1C. The third-order valence-electron chi connectivity index (χ3n) is 3.37. The number of piperazine rings is 1. The van der Waals surface area contributed by atoms with Gasteiger partial charge < -0.3 is 5.32 Å². The van der Waals surface area contributed by atoms with Crippen molar-refractivity contribution in [2.75, 3.05) is 39.8 Å². The Labute approximate surface area is 101 Å². The van der Waals surface area contributed by atoms with Gasteiger partial charge in [0.1, 0.15) is 0 Å². The first-order valence-corrected chi connectivity index (χ1v) is 6.01. The van der Waals surface area contributed by atoms with Crippen LogP contribution in [0, 0.1) is 0 Å². The van der Waals surface area contributed by atoms with Gasteiger partial charge in [-0.15, -0.1) is 0 Å². The summed E-state index contributed by atoms with van der Waals surface area (Å²) in [5, 5.41) is 2.43. The first-order valence-electron chi connectivity index (χ1n) is 6.01. The van der Waals surface area contributed by atoms with Crippen molar-refractivity contribution in [3.63, 3.8) is 0 Å². The molecule has 0 aromatic rings. The summed E-state index contributed by atoms with van der Waals surface area (Å²) in [6.45, 7) is 6.31. The van der Waals surface area contributed by atoms with E-state index in [1.165, 1.54) is 0 Å². The normalized spacial score (nSPS) is 28.6. The average molecular weight is 253 g/mol. The quantitative estimate of drug-likeness (QED) is 0.759. The van der Waals surface area contributed by atoms with E-state index in [1.54, 1.807) is 0 Å². The van der Waals surface area contributed by atoms with Crippen molar-refractivity contribution in [2.24, 2.45) is 0 Å². The number of halogens is 3. The van der Waals surface area contributed by atoms with E-state index in [0.29, 0.717) is 25.2 Å². The fraction of sp³-hybridized carbons (Fsp3) is 1.00. The number of likely N-dealkylation sites (N-methyl/N-ethyl adjacent to an activating group) is 1. The zero-order chi connectivity index (χ0) is 13.1. The second-order valence-corrected chi connectivity index (χ2v) is 4.92. The first kappa shape index (κ1) is 14.7. The molecule has 1 aliphatic rings. The molecule has 102 valence electrons. The van der Waals surface area contributed by atoms with Crippen LogP contribution in [0.3, 0.4) is 0 Å². The zero-order valence-electron chi connectivity index (χ0n) is 10.7. The Kier molecular flexibility index (Phi) is 5.22. The average Bonchev–Trinajstić information content (AvgIpc) is 2.19. The predicted octanol–water partition coefficient (Wildman–Crippen LogP) is 1.16. The number of rotatable bonds is 4. The number of hydrogen-bond donors (Lipinski definition) is 1. The Morgan fingerprint density at radius 3 is 2.18 bits per heavy atom. The van der Waals surface area contributed by atoms with Gasteiger partial charge in [0.15, 0.2) is 0 Å². The van der Waals surface area contributed by atoms with E-state index in [-0.39, 0.29) is 0 Å². The van der Waals surface area contributed by atoms with Crippen molar-refractivity contribution in [3.8, 4) is 0 Å².